The van der Waals surface area contributed by atoms with E-state index in [2.05, 4.69) is 23.3 Å². The molecule has 0 heterocycles. The van der Waals surface area contributed by atoms with Gasteiger partial charge in [0.2, 0.25) is 11.8 Å². The van der Waals surface area contributed by atoms with Crippen LogP contribution in [0.25, 0.3) is 0 Å². The number of nitrogens with two attached hydrogens (primary N) is 1. The Hall–Kier alpha value is -3.34. The average Bonchev–Trinajstić information content (AvgIpc) is 2.84. The molecule has 3 aromatic carbocycles. The number of amides is 2. The number of rotatable bonds is 8. The van der Waals surface area contributed by atoms with Gasteiger partial charge in [0.15, 0.2) is 5.78 Å². The van der Waals surface area contributed by atoms with Gasteiger partial charge in [-0.05, 0) is 35.9 Å². The molecule has 0 saturated carbocycles. The van der Waals surface area contributed by atoms with Crippen LogP contribution in [-0.4, -0.2) is 29.4 Å². The number of anilines is 2. The van der Waals surface area contributed by atoms with E-state index >= 15 is 0 Å². The highest BCUT2D eigenvalue weighted by Gasteiger charge is 2.30. The normalized spacial score (nSPS) is 11.7. The fourth-order valence-electron chi connectivity index (χ4n) is 3.17. The summed E-state index contributed by atoms with van der Waals surface area (Å²) in [5.41, 5.74) is 6.21. The molecule has 4 N–H and O–H groups in total. The zero-order valence-corrected chi connectivity index (χ0v) is 20.4. The summed E-state index contributed by atoms with van der Waals surface area (Å²) in [6.07, 6.45) is -4.67. The van der Waals surface area contributed by atoms with E-state index in [1.807, 2.05) is 0 Å². The highest BCUT2D eigenvalue weighted by atomic mass is 35.5. The van der Waals surface area contributed by atoms with Gasteiger partial charge in [0, 0.05) is 22.6 Å². The quantitative estimate of drug-likeness (QED) is 0.246. The molecule has 3 rings (SSSR count). The van der Waals surface area contributed by atoms with E-state index < -0.39 is 35.4 Å². The van der Waals surface area contributed by atoms with Crippen LogP contribution >= 0.6 is 25.0 Å². The maximum Gasteiger partial charge on any atom is 0.416 e. The predicted octanol–water partition coefficient (Wildman–Crippen LogP) is 4.74. The molecular formula is C25H23ClF3N3O3S. The number of hydrogen-bond acceptors (Lipinski definition) is 5. The Labute approximate surface area is 217 Å². The molecule has 1 atom stereocenters. The minimum atomic E-state index is -4.47. The van der Waals surface area contributed by atoms with Gasteiger partial charge in [-0.2, -0.15) is 25.8 Å². The van der Waals surface area contributed by atoms with E-state index in [1.54, 1.807) is 30.3 Å². The summed E-state index contributed by atoms with van der Waals surface area (Å²) in [7, 11) is 0. The van der Waals surface area contributed by atoms with Crippen LogP contribution in [0.2, 0.25) is 0 Å². The monoisotopic (exact) mass is 537 g/mol. The zero-order valence-electron chi connectivity index (χ0n) is 18.7. The predicted molar refractivity (Wildman–Crippen MR) is 138 cm³/mol. The fraction of sp³-hybridized carbons (Fsp3) is 0.160. The van der Waals surface area contributed by atoms with Crippen molar-refractivity contribution >= 4 is 54.0 Å². The van der Waals surface area contributed by atoms with Gasteiger partial charge < -0.3 is 16.4 Å². The van der Waals surface area contributed by atoms with E-state index in [-0.39, 0.29) is 35.8 Å². The Morgan fingerprint density at radius 2 is 1.56 bits per heavy atom. The summed E-state index contributed by atoms with van der Waals surface area (Å²) in [6, 6.07) is 16.1. The molecule has 0 radical (unpaired) electrons. The van der Waals surface area contributed by atoms with E-state index in [0.29, 0.717) is 16.8 Å². The lowest BCUT2D eigenvalue weighted by Gasteiger charge is -2.15. The largest absolute Gasteiger partial charge is 0.416 e. The summed E-state index contributed by atoms with van der Waals surface area (Å²) in [6.45, 7) is 0. The third-order valence-corrected chi connectivity index (χ3v) is 5.41. The first-order valence-corrected chi connectivity index (χ1v) is 11.1. The lowest BCUT2D eigenvalue weighted by atomic mass is 10.0. The third kappa shape index (κ3) is 7.58. The summed E-state index contributed by atoms with van der Waals surface area (Å²) in [5.74, 6) is -1.29. The molecule has 0 aliphatic heterocycles. The molecule has 0 spiro atoms. The topological polar surface area (TPSA) is 101 Å². The van der Waals surface area contributed by atoms with Crippen molar-refractivity contribution in [3.8, 4) is 0 Å². The molecule has 36 heavy (non-hydrogen) atoms. The molecular weight excluding hydrogens is 515 g/mol. The number of carbonyl (C=O) groups is 3. The lowest BCUT2D eigenvalue weighted by Crippen LogP contribution is -2.37. The van der Waals surface area contributed by atoms with Gasteiger partial charge in [-0.15, -0.1) is 12.4 Å². The number of ketones is 1. The van der Waals surface area contributed by atoms with Gasteiger partial charge >= 0.3 is 6.18 Å². The van der Waals surface area contributed by atoms with E-state index in [9.17, 15) is 27.6 Å². The zero-order chi connectivity index (χ0) is 25.6. The Bertz CT molecular complexity index is 1220. The van der Waals surface area contributed by atoms with Crippen molar-refractivity contribution in [2.45, 2.75) is 18.6 Å². The van der Waals surface area contributed by atoms with Gasteiger partial charge in [0.1, 0.15) is 0 Å². The Morgan fingerprint density at radius 3 is 2.14 bits per heavy atom. The van der Waals surface area contributed by atoms with Crippen LogP contribution in [0.5, 0.6) is 0 Å². The standard InChI is InChI=1S/C25H22F3N3O3S.ClH/c26-25(27,28)17-8-6-15(7-9-17)12-22(32)31-21-11-10-18(30-24(34)20(29)14-35)13-19(21)23(33)16-4-2-1-3-5-16;/h1-11,13,20,35H,12,14,29H2,(H,30,34)(H,31,32);1H/t20-;/m0./s1. The van der Waals surface area contributed by atoms with Gasteiger partial charge in [0.25, 0.3) is 0 Å². The summed E-state index contributed by atoms with van der Waals surface area (Å²) in [4.78, 5) is 37.9. The van der Waals surface area contributed by atoms with Crippen LogP contribution in [0.15, 0.2) is 72.8 Å². The molecule has 2 amide bonds. The number of thiol groups is 1. The molecule has 11 heteroatoms. The maximum atomic E-state index is 13.2. The Kier molecular flexibility index (Phi) is 10.1. The number of carbonyl (C=O) groups excluding carboxylic acids is 3. The van der Waals surface area contributed by atoms with Crippen LogP contribution < -0.4 is 16.4 Å². The first-order valence-electron chi connectivity index (χ1n) is 10.5. The van der Waals surface area contributed by atoms with Crippen molar-refractivity contribution < 1.29 is 27.6 Å². The highest BCUT2D eigenvalue weighted by molar-refractivity contribution is 7.80. The maximum absolute atomic E-state index is 13.2. The number of benzene rings is 3. The molecule has 6 nitrogen and oxygen atoms in total. The van der Waals surface area contributed by atoms with Crippen molar-refractivity contribution in [2.75, 3.05) is 16.4 Å². The molecule has 0 saturated heterocycles. The second kappa shape index (κ2) is 12.6. The average molecular weight is 538 g/mol. The molecule has 0 aromatic heterocycles. The van der Waals surface area contributed by atoms with E-state index in [4.69, 9.17) is 5.73 Å². The van der Waals surface area contributed by atoms with Crippen molar-refractivity contribution in [3.63, 3.8) is 0 Å². The van der Waals surface area contributed by atoms with Crippen molar-refractivity contribution in [1.29, 1.82) is 0 Å². The van der Waals surface area contributed by atoms with Gasteiger partial charge in [-0.1, -0.05) is 42.5 Å². The molecule has 0 bridgehead atoms. The second-order valence-corrected chi connectivity index (χ2v) is 8.02. The smallest absolute Gasteiger partial charge is 0.325 e. The highest BCUT2D eigenvalue weighted by Crippen LogP contribution is 2.29. The second-order valence-electron chi connectivity index (χ2n) is 7.65. The number of alkyl halides is 3. The molecule has 0 fully saturated rings. The number of nitrogens with one attached hydrogen (secondary N) is 2. The van der Waals surface area contributed by atoms with Gasteiger partial charge in [0.05, 0.1) is 23.7 Å². The number of halogens is 4. The van der Waals surface area contributed by atoms with Crippen LogP contribution in [-0.2, 0) is 22.2 Å². The van der Waals surface area contributed by atoms with Crippen LogP contribution in [0.3, 0.4) is 0 Å². The Balaban J connectivity index is 0.00000456. The minimum absolute atomic E-state index is 0. The number of hydrogen-bond donors (Lipinski definition) is 4. The fourth-order valence-corrected chi connectivity index (χ4v) is 3.34. The first-order chi connectivity index (χ1) is 16.6. The van der Waals surface area contributed by atoms with Crippen LogP contribution in [0.1, 0.15) is 27.0 Å². The molecule has 3 aromatic rings. The molecule has 190 valence electrons. The summed E-state index contributed by atoms with van der Waals surface area (Å²) < 4.78 is 38.3. The third-order valence-electron chi connectivity index (χ3n) is 5.02. The van der Waals surface area contributed by atoms with Gasteiger partial charge in [-0.3, -0.25) is 14.4 Å². The van der Waals surface area contributed by atoms with Crippen molar-refractivity contribution in [1.82, 2.24) is 0 Å². The minimum Gasteiger partial charge on any atom is -0.325 e. The SMILES string of the molecule is Cl.N[C@@H](CS)C(=O)Nc1ccc(NC(=O)Cc2ccc(C(F)(F)F)cc2)c(C(=O)c2ccccc2)c1. The van der Waals surface area contributed by atoms with Crippen LogP contribution in [0.4, 0.5) is 24.5 Å². The Morgan fingerprint density at radius 1 is 0.917 bits per heavy atom. The first kappa shape index (κ1) is 28.9. The lowest BCUT2D eigenvalue weighted by molar-refractivity contribution is -0.137. The van der Waals surface area contributed by atoms with E-state index in [0.717, 1.165) is 12.1 Å². The van der Waals surface area contributed by atoms with Crippen molar-refractivity contribution in [2.24, 2.45) is 5.73 Å². The molecule has 0 unspecified atom stereocenters. The van der Waals surface area contributed by atoms with Crippen LogP contribution in [0, 0.1) is 0 Å². The molecule has 0 aliphatic rings. The summed E-state index contributed by atoms with van der Waals surface area (Å²) in [5, 5.41) is 5.24. The van der Waals surface area contributed by atoms with Gasteiger partial charge in [-0.25, -0.2) is 0 Å². The molecule has 0 aliphatic carbocycles. The van der Waals surface area contributed by atoms with Crippen molar-refractivity contribution in [3.05, 3.63) is 95.1 Å². The summed E-state index contributed by atoms with van der Waals surface area (Å²) >= 11 is 3.99. The van der Waals surface area contributed by atoms with E-state index in [1.165, 1.54) is 30.3 Å².